The Morgan fingerprint density at radius 3 is 2.94 bits per heavy atom. The van der Waals surface area contributed by atoms with Crippen LogP contribution in [0, 0.1) is 0 Å². The van der Waals surface area contributed by atoms with Crippen molar-refractivity contribution < 1.29 is 0 Å². The van der Waals surface area contributed by atoms with Crippen molar-refractivity contribution in [1.82, 2.24) is 10.3 Å². The molecule has 0 bridgehead atoms. The molecule has 1 unspecified atom stereocenters. The van der Waals surface area contributed by atoms with Gasteiger partial charge in [0.15, 0.2) is 0 Å². The molecule has 1 aromatic heterocycles. The lowest BCUT2D eigenvalue weighted by atomic mass is 10.1. The summed E-state index contributed by atoms with van der Waals surface area (Å²) in [6, 6.07) is 4.29. The van der Waals surface area contributed by atoms with Crippen LogP contribution in [0.2, 0.25) is 0 Å². The Hall–Kier alpha value is -1.09. The average molecular weight is 221 g/mol. The Morgan fingerprint density at radius 1 is 1.44 bits per heavy atom. The van der Waals surface area contributed by atoms with E-state index in [0.717, 1.165) is 17.9 Å². The van der Waals surface area contributed by atoms with E-state index < -0.39 is 0 Å². The van der Waals surface area contributed by atoms with E-state index in [-0.39, 0.29) is 0 Å². The summed E-state index contributed by atoms with van der Waals surface area (Å²) in [5, 5.41) is 3.46. The van der Waals surface area contributed by atoms with Gasteiger partial charge in [-0.3, -0.25) is 4.98 Å². The van der Waals surface area contributed by atoms with Gasteiger partial charge in [-0.05, 0) is 25.5 Å². The van der Waals surface area contributed by atoms with Crippen LogP contribution in [0.5, 0.6) is 0 Å². The Kier molecular flexibility index (Phi) is 5.86. The number of anilines is 1. The van der Waals surface area contributed by atoms with Gasteiger partial charge < -0.3 is 11.1 Å². The molecule has 1 rings (SSSR count). The fraction of sp³-hybridized carbons (Fsp3) is 0.615. The maximum absolute atomic E-state index is 5.83. The molecule has 0 aromatic carbocycles. The lowest BCUT2D eigenvalue weighted by Crippen LogP contribution is -2.26. The van der Waals surface area contributed by atoms with Crippen LogP contribution in [0.3, 0.4) is 0 Å². The number of hydrogen-bond donors (Lipinski definition) is 2. The van der Waals surface area contributed by atoms with Gasteiger partial charge in [0.05, 0.1) is 11.4 Å². The quantitative estimate of drug-likeness (QED) is 0.696. The lowest BCUT2D eigenvalue weighted by Gasteiger charge is -2.13. The van der Waals surface area contributed by atoms with Gasteiger partial charge in [0.1, 0.15) is 0 Å². The van der Waals surface area contributed by atoms with Gasteiger partial charge in [-0.2, -0.15) is 0 Å². The second-order valence-corrected chi connectivity index (χ2v) is 4.32. The summed E-state index contributed by atoms with van der Waals surface area (Å²) in [6.45, 7) is 5.21. The first kappa shape index (κ1) is 13.0. The predicted octanol–water partition coefficient (Wildman–Crippen LogP) is 2.72. The number of nitrogens with two attached hydrogens (primary N) is 1. The molecule has 16 heavy (non-hydrogen) atoms. The molecule has 0 saturated heterocycles. The highest BCUT2D eigenvalue weighted by atomic mass is 14.9. The summed E-state index contributed by atoms with van der Waals surface area (Å²) in [6.07, 6.45) is 6.90. The molecule has 0 fully saturated rings. The third kappa shape index (κ3) is 4.62. The average Bonchev–Trinajstić information content (AvgIpc) is 2.28. The number of hydrogen-bond acceptors (Lipinski definition) is 3. The monoisotopic (exact) mass is 221 g/mol. The number of nitrogen functional groups attached to an aromatic ring is 1. The van der Waals surface area contributed by atoms with Crippen LogP contribution < -0.4 is 11.1 Å². The summed E-state index contributed by atoms with van der Waals surface area (Å²) in [7, 11) is 0. The SMILES string of the molecule is CCCCCC(C)NCc1ncccc1N. The highest BCUT2D eigenvalue weighted by Crippen LogP contribution is 2.08. The van der Waals surface area contributed by atoms with Crippen molar-refractivity contribution >= 4 is 5.69 Å². The molecule has 0 radical (unpaired) electrons. The molecule has 0 aliphatic heterocycles. The zero-order valence-corrected chi connectivity index (χ0v) is 10.4. The Morgan fingerprint density at radius 2 is 2.25 bits per heavy atom. The largest absolute Gasteiger partial charge is 0.397 e. The van der Waals surface area contributed by atoms with Crippen molar-refractivity contribution in [1.29, 1.82) is 0 Å². The molecule has 3 heteroatoms. The first-order chi connectivity index (χ1) is 7.74. The highest BCUT2D eigenvalue weighted by Gasteiger charge is 2.03. The third-order valence-electron chi connectivity index (χ3n) is 2.78. The smallest absolute Gasteiger partial charge is 0.0770 e. The van der Waals surface area contributed by atoms with Crippen molar-refractivity contribution in [3.8, 4) is 0 Å². The number of nitrogens with zero attached hydrogens (tertiary/aromatic N) is 1. The summed E-state index contributed by atoms with van der Waals surface area (Å²) in [5.41, 5.74) is 7.55. The van der Waals surface area contributed by atoms with E-state index in [1.165, 1.54) is 25.7 Å². The first-order valence-electron chi connectivity index (χ1n) is 6.16. The molecule has 1 aromatic rings. The minimum atomic E-state index is 0.535. The van der Waals surface area contributed by atoms with Crippen molar-refractivity contribution in [2.75, 3.05) is 5.73 Å². The van der Waals surface area contributed by atoms with E-state index in [0.29, 0.717) is 6.04 Å². The van der Waals surface area contributed by atoms with Crippen LogP contribution in [0.4, 0.5) is 5.69 Å². The van der Waals surface area contributed by atoms with Gasteiger partial charge >= 0.3 is 0 Å². The normalized spacial score (nSPS) is 12.6. The lowest BCUT2D eigenvalue weighted by molar-refractivity contribution is 0.484. The van der Waals surface area contributed by atoms with Crippen LogP contribution in [0.15, 0.2) is 18.3 Å². The standard InChI is InChI=1S/C13H23N3/c1-3-4-5-7-11(2)16-10-13-12(14)8-6-9-15-13/h6,8-9,11,16H,3-5,7,10,14H2,1-2H3. The number of unbranched alkanes of at least 4 members (excludes halogenated alkanes) is 2. The third-order valence-corrected chi connectivity index (χ3v) is 2.78. The zero-order chi connectivity index (χ0) is 11.8. The molecule has 0 spiro atoms. The number of aromatic nitrogens is 1. The zero-order valence-electron chi connectivity index (χ0n) is 10.4. The van der Waals surface area contributed by atoms with E-state index in [4.69, 9.17) is 5.73 Å². The minimum Gasteiger partial charge on any atom is -0.397 e. The van der Waals surface area contributed by atoms with Gasteiger partial charge in [-0.15, -0.1) is 0 Å². The molecule has 3 nitrogen and oxygen atoms in total. The number of pyridine rings is 1. The molecular formula is C13H23N3. The Balaban J connectivity index is 2.26. The van der Waals surface area contributed by atoms with Gasteiger partial charge in [-0.25, -0.2) is 0 Å². The second kappa shape index (κ2) is 7.23. The van der Waals surface area contributed by atoms with Crippen LogP contribution in [0.1, 0.15) is 45.2 Å². The fourth-order valence-electron chi connectivity index (χ4n) is 1.67. The topological polar surface area (TPSA) is 50.9 Å². The molecule has 0 aliphatic carbocycles. The van der Waals surface area contributed by atoms with Crippen LogP contribution in [0.25, 0.3) is 0 Å². The van der Waals surface area contributed by atoms with Crippen LogP contribution >= 0.6 is 0 Å². The molecule has 90 valence electrons. The maximum atomic E-state index is 5.83. The van der Waals surface area contributed by atoms with Crippen molar-refractivity contribution in [3.63, 3.8) is 0 Å². The van der Waals surface area contributed by atoms with Gasteiger partial charge in [0.25, 0.3) is 0 Å². The highest BCUT2D eigenvalue weighted by molar-refractivity contribution is 5.41. The van der Waals surface area contributed by atoms with E-state index in [1.807, 2.05) is 12.1 Å². The van der Waals surface area contributed by atoms with E-state index >= 15 is 0 Å². The predicted molar refractivity (Wildman–Crippen MR) is 69.1 cm³/mol. The van der Waals surface area contributed by atoms with Crippen molar-refractivity contribution in [3.05, 3.63) is 24.0 Å². The fourth-order valence-corrected chi connectivity index (χ4v) is 1.67. The number of rotatable bonds is 7. The molecule has 0 amide bonds. The summed E-state index contributed by atoms with van der Waals surface area (Å²) in [4.78, 5) is 4.26. The van der Waals surface area contributed by atoms with E-state index in [9.17, 15) is 0 Å². The molecule has 0 aliphatic rings. The maximum Gasteiger partial charge on any atom is 0.0770 e. The molecular weight excluding hydrogens is 198 g/mol. The molecule has 3 N–H and O–H groups in total. The van der Waals surface area contributed by atoms with Gasteiger partial charge in [0.2, 0.25) is 0 Å². The van der Waals surface area contributed by atoms with Crippen molar-refractivity contribution in [2.24, 2.45) is 0 Å². The van der Waals surface area contributed by atoms with Crippen molar-refractivity contribution in [2.45, 2.75) is 52.1 Å². The first-order valence-corrected chi connectivity index (χ1v) is 6.16. The van der Waals surface area contributed by atoms with Gasteiger partial charge in [0, 0.05) is 18.8 Å². The minimum absolute atomic E-state index is 0.535. The van der Waals surface area contributed by atoms with E-state index in [2.05, 4.69) is 24.1 Å². The Labute approximate surface area is 98.5 Å². The summed E-state index contributed by atoms with van der Waals surface area (Å²) >= 11 is 0. The molecule has 0 saturated carbocycles. The summed E-state index contributed by atoms with van der Waals surface area (Å²) < 4.78 is 0. The van der Waals surface area contributed by atoms with Crippen LogP contribution in [-0.2, 0) is 6.54 Å². The molecule has 1 heterocycles. The van der Waals surface area contributed by atoms with E-state index in [1.54, 1.807) is 6.20 Å². The Bertz CT molecular complexity index is 299. The van der Waals surface area contributed by atoms with Gasteiger partial charge in [-0.1, -0.05) is 26.2 Å². The van der Waals surface area contributed by atoms with Crippen LogP contribution in [-0.4, -0.2) is 11.0 Å². The summed E-state index contributed by atoms with van der Waals surface area (Å²) in [5.74, 6) is 0. The number of nitrogens with one attached hydrogen (secondary N) is 1. The molecule has 1 atom stereocenters. The second-order valence-electron chi connectivity index (χ2n) is 4.32.